The highest BCUT2D eigenvalue weighted by Gasteiger charge is 2.18. The van der Waals surface area contributed by atoms with Crippen LogP contribution in [0.4, 0.5) is 17.3 Å². The molecule has 0 saturated carbocycles. The smallest absolute Gasteiger partial charge is 0.311 e. The van der Waals surface area contributed by atoms with Crippen LogP contribution in [0.25, 0.3) is 0 Å². The van der Waals surface area contributed by atoms with Crippen molar-refractivity contribution >= 4 is 29.1 Å². The van der Waals surface area contributed by atoms with Crippen LogP contribution in [0.2, 0.25) is 0 Å². The molecular formula is C13H22N4O2S. The molecule has 0 radical (unpaired) electrons. The van der Waals surface area contributed by atoms with Gasteiger partial charge in [-0.25, -0.2) is 4.98 Å². The summed E-state index contributed by atoms with van der Waals surface area (Å²) in [6.45, 7) is 4.91. The van der Waals surface area contributed by atoms with Gasteiger partial charge in [0.2, 0.25) is 5.82 Å². The molecule has 1 heterocycles. The van der Waals surface area contributed by atoms with Gasteiger partial charge in [0, 0.05) is 24.4 Å². The molecule has 7 heteroatoms. The molecule has 0 saturated heterocycles. The van der Waals surface area contributed by atoms with Gasteiger partial charge in [-0.15, -0.1) is 0 Å². The van der Waals surface area contributed by atoms with Gasteiger partial charge in [-0.1, -0.05) is 13.8 Å². The van der Waals surface area contributed by atoms with E-state index in [4.69, 9.17) is 0 Å². The summed E-state index contributed by atoms with van der Waals surface area (Å²) < 4.78 is 0. The van der Waals surface area contributed by atoms with Crippen molar-refractivity contribution in [2.45, 2.75) is 32.7 Å². The van der Waals surface area contributed by atoms with Gasteiger partial charge in [-0.05, 0) is 25.2 Å². The molecule has 0 aliphatic rings. The van der Waals surface area contributed by atoms with Crippen LogP contribution in [-0.4, -0.2) is 34.5 Å². The number of hydrogen-bond acceptors (Lipinski definition) is 6. The fourth-order valence-electron chi connectivity index (χ4n) is 1.71. The van der Waals surface area contributed by atoms with Crippen molar-refractivity contribution in [1.82, 2.24) is 4.98 Å². The van der Waals surface area contributed by atoms with Crippen molar-refractivity contribution in [3.05, 3.63) is 22.2 Å². The van der Waals surface area contributed by atoms with Gasteiger partial charge in [0.1, 0.15) is 5.82 Å². The molecule has 20 heavy (non-hydrogen) atoms. The number of aromatic nitrogens is 1. The summed E-state index contributed by atoms with van der Waals surface area (Å²) in [4.78, 5) is 15.0. The minimum Gasteiger partial charge on any atom is -0.370 e. The Morgan fingerprint density at radius 3 is 2.75 bits per heavy atom. The molecular weight excluding hydrogens is 276 g/mol. The van der Waals surface area contributed by atoms with Crippen molar-refractivity contribution in [2.24, 2.45) is 0 Å². The molecule has 1 atom stereocenters. The predicted octanol–water partition coefficient (Wildman–Crippen LogP) is 3.37. The molecule has 0 aliphatic heterocycles. The predicted molar refractivity (Wildman–Crippen MR) is 85.8 cm³/mol. The second-order valence-electron chi connectivity index (χ2n) is 4.45. The highest BCUT2D eigenvalue weighted by Crippen LogP contribution is 2.25. The largest absolute Gasteiger partial charge is 0.370 e. The van der Waals surface area contributed by atoms with Crippen LogP contribution in [0.1, 0.15) is 26.7 Å². The number of nitro groups is 1. The zero-order valence-electron chi connectivity index (χ0n) is 12.2. The summed E-state index contributed by atoms with van der Waals surface area (Å²) in [5, 5.41) is 17.4. The van der Waals surface area contributed by atoms with Gasteiger partial charge in [-0.3, -0.25) is 10.1 Å². The highest BCUT2D eigenvalue weighted by atomic mass is 32.2. The molecule has 0 amide bonds. The first-order chi connectivity index (χ1) is 9.62. The van der Waals surface area contributed by atoms with Crippen molar-refractivity contribution in [1.29, 1.82) is 0 Å². The third-order valence-electron chi connectivity index (χ3n) is 2.83. The molecule has 1 aromatic rings. The van der Waals surface area contributed by atoms with E-state index in [1.807, 2.05) is 6.26 Å². The van der Waals surface area contributed by atoms with Crippen LogP contribution >= 0.6 is 11.8 Å². The maximum Gasteiger partial charge on any atom is 0.311 e. The average Bonchev–Trinajstić information content (AvgIpc) is 2.44. The first-order valence-electron chi connectivity index (χ1n) is 6.77. The van der Waals surface area contributed by atoms with Crippen LogP contribution in [-0.2, 0) is 0 Å². The summed E-state index contributed by atoms with van der Waals surface area (Å²) in [5.74, 6) is 1.90. The Kier molecular flexibility index (Phi) is 7.14. The Morgan fingerprint density at radius 1 is 1.45 bits per heavy atom. The monoisotopic (exact) mass is 298 g/mol. The van der Waals surface area contributed by atoms with E-state index in [1.54, 1.807) is 17.8 Å². The van der Waals surface area contributed by atoms with Crippen LogP contribution in [0.3, 0.4) is 0 Å². The topological polar surface area (TPSA) is 80.1 Å². The lowest BCUT2D eigenvalue weighted by Crippen LogP contribution is -2.22. The Balaban J connectivity index is 2.95. The van der Waals surface area contributed by atoms with Crippen LogP contribution in [0, 0.1) is 10.1 Å². The van der Waals surface area contributed by atoms with E-state index in [2.05, 4.69) is 29.5 Å². The highest BCUT2D eigenvalue weighted by molar-refractivity contribution is 7.98. The van der Waals surface area contributed by atoms with E-state index in [0.717, 1.165) is 25.1 Å². The first-order valence-corrected chi connectivity index (χ1v) is 8.16. The van der Waals surface area contributed by atoms with Gasteiger partial charge in [0.05, 0.1) is 4.92 Å². The normalized spacial score (nSPS) is 11.9. The average molecular weight is 298 g/mol. The van der Waals surface area contributed by atoms with Gasteiger partial charge in [0.15, 0.2) is 0 Å². The molecule has 0 spiro atoms. The summed E-state index contributed by atoms with van der Waals surface area (Å²) >= 11 is 1.71. The van der Waals surface area contributed by atoms with Crippen molar-refractivity contribution in [2.75, 3.05) is 29.2 Å². The number of anilines is 2. The molecule has 2 N–H and O–H groups in total. The molecule has 1 aromatic heterocycles. The van der Waals surface area contributed by atoms with Crippen LogP contribution < -0.4 is 10.6 Å². The minimum atomic E-state index is -0.398. The fourth-order valence-corrected chi connectivity index (χ4v) is 2.43. The third-order valence-corrected chi connectivity index (χ3v) is 3.56. The summed E-state index contributed by atoms with van der Waals surface area (Å²) in [6, 6.07) is 3.32. The zero-order valence-corrected chi connectivity index (χ0v) is 13.0. The zero-order chi connectivity index (χ0) is 15.0. The number of thioether (sulfide) groups is 1. The van der Waals surface area contributed by atoms with Gasteiger partial charge in [-0.2, -0.15) is 11.8 Å². The van der Waals surface area contributed by atoms with Gasteiger partial charge < -0.3 is 10.6 Å². The van der Waals surface area contributed by atoms with Crippen LogP contribution in [0.15, 0.2) is 12.1 Å². The van der Waals surface area contributed by atoms with E-state index >= 15 is 0 Å². The van der Waals surface area contributed by atoms with E-state index in [-0.39, 0.29) is 11.7 Å². The summed E-state index contributed by atoms with van der Waals surface area (Å²) in [5.41, 5.74) is 0.0200. The van der Waals surface area contributed by atoms with Crippen molar-refractivity contribution in [3.8, 4) is 0 Å². The summed E-state index contributed by atoms with van der Waals surface area (Å²) in [6.07, 6.45) is 3.89. The Bertz CT molecular complexity index is 442. The molecule has 1 rings (SSSR count). The van der Waals surface area contributed by atoms with E-state index < -0.39 is 4.92 Å². The Hall–Kier alpha value is -1.50. The van der Waals surface area contributed by atoms with E-state index in [1.165, 1.54) is 6.07 Å². The van der Waals surface area contributed by atoms with Crippen LogP contribution in [0.5, 0.6) is 0 Å². The maximum atomic E-state index is 11.1. The second-order valence-corrected chi connectivity index (χ2v) is 5.36. The molecule has 112 valence electrons. The quantitative estimate of drug-likeness (QED) is 0.537. The molecule has 0 bridgehead atoms. The van der Waals surface area contributed by atoms with Gasteiger partial charge in [0.25, 0.3) is 0 Å². The van der Waals surface area contributed by atoms with E-state index in [0.29, 0.717) is 11.6 Å². The second kappa shape index (κ2) is 8.63. The number of nitrogens with one attached hydrogen (secondary N) is 2. The fraction of sp³-hybridized carbons (Fsp3) is 0.615. The first kappa shape index (κ1) is 16.6. The molecule has 6 nitrogen and oxygen atoms in total. The lowest BCUT2D eigenvalue weighted by Gasteiger charge is -2.17. The standard InChI is InChI=1S/C13H22N4O2S/c1-4-8-14-12-7-6-11(17(18)19)13(16-12)15-10(5-2)9-20-3/h6-7,10H,4-5,8-9H2,1-3H3,(H2,14,15,16). The molecule has 0 aliphatic carbocycles. The van der Waals surface area contributed by atoms with Gasteiger partial charge >= 0.3 is 5.69 Å². The summed E-state index contributed by atoms with van der Waals surface area (Å²) in [7, 11) is 0. The Labute approximate surface area is 123 Å². The number of pyridine rings is 1. The van der Waals surface area contributed by atoms with Crippen molar-refractivity contribution < 1.29 is 4.92 Å². The number of nitrogens with zero attached hydrogens (tertiary/aromatic N) is 2. The third kappa shape index (κ3) is 4.88. The number of hydrogen-bond donors (Lipinski definition) is 2. The van der Waals surface area contributed by atoms with Crippen molar-refractivity contribution in [3.63, 3.8) is 0 Å². The maximum absolute atomic E-state index is 11.1. The minimum absolute atomic E-state index is 0.0200. The Morgan fingerprint density at radius 2 is 2.20 bits per heavy atom. The van der Waals surface area contributed by atoms with E-state index in [9.17, 15) is 10.1 Å². The molecule has 0 fully saturated rings. The lowest BCUT2D eigenvalue weighted by atomic mass is 10.2. The SMILES string of the molecule is CCCNc1ccc([N+](=O)[O-])c(NC(CC)CSC)n1. The molecule has 1 unspecified atom stereocenters. The lowest BCUT2D eigenvalue weighted by molar-refractivity contribution is -0.384. The number of rotatable bonds is 9. The molecule has 0 aromatic carbocycles.